The maximum atomic E-state index is 10.9. The van der Waals surface area contributed by atoms with Gasteiger partial charge in [-0.2, -0.15) is 0 Å². The Kier molecular flexibility index (Phi) is 2.21. The number of rotatable bonds is 3. The lowest BCUT2D eigenvalue weighted by Gasteiger charge is -2.05. The van der Waals surface area contributed by atoms with Crippen LogP contribution in [-0.4, -0.2) is 16.1 Å². The monoisotopic (exact) mass is 192 g/mol. The van der Waals surface area contributed by atoms with Crippen molar-refractivity contribution < 1.29 is 9.90 Å². The van der Waals surface area contributed by atoms with Crippen molar-refractivity contribution in [3.63, 3.8) is 0 Å². The molecule has 0 aromatic carbocycles. The lowest BCUT2D eigenvalue weighted by Crippen LogP contribution is -2.08. The predicted molar refractivity (Wildman–Crippen MR) is 51.1 cm³/mol. The molecule has 4 nitrogen and oxygen atoms in total. The molecule has 3 N–H and O–H groups in total. The Morgan fingerprint density at radius 1 is 1.57 bits per heavy atom. The molecule has 1 aromatic rings. The molecule has 14 heavy (non-hydrogen) atoms. The van der Waals surface area contributed by atoms with Crippen LogP contribution in [0.1, 0.15) is 40.5 Å². The molecule has 0 unspecified atom stereocenters. The Morgan fingerprint density at radius 3 is 2.79 bits per heavy atom. The van der Waals surface area contributed by atoms with Crippen LogP contribution in [0, 0.1) is 0 Å². The number of hydrogen-bond acceptors (Lipinski definition) is 3. The first-order valence-corrected chi connectivity index (χ1v) is 4.65. The van der Waals surface area contributed by atoms with Crippen molar-refractivity contribution in [2.75, 3.05) is 0 Å². The normalized spacial score (nSPS) is 15.5. The Balaban J connectivity index is 2.43. The van der Waals surface area contributed by atoms with Gasteiger partial charge in [0.15, 0.2) is 0 Å². The van der Waals surface area contributed by atoms with Crippen LogP contribution in [0.15, 0.2) is 12.1 Å². The zero-order valence-electron chi connectivity index (χ0n) is 7.73. The maximum Gasteiger partial charge on any atom is 0.337 e. The van der Waals surface area contributed by atoms with Crippen molar-refractivity contribution in [1.29, 1.82) is 0 Å². The minimum Gasteiger partial charge on any atom is -0.478 e. The molecule has 74 valence electrons. The molecule has 0 spiro atoms. The summed E-state index contributed by atoms with van der Waals surface area (Å²) in [7, 11) is 0. The summed E-state index contributed by atoms with van der Waals surface area (Å²) in [5.74, 6) is -0.560. The van der Waals surface area contributed by atoms with Crippen molar-refractivity contribution in [1.82, 2.24) is 4.98 Å². The number of aromatic carboxylic acids is 1. The van der Waals surface area contributed by atoms with E-state index in [9.17, 15) is 4.79 Å². The first kappa shape index (κ1) is 9.15. The van der Waals surface area contributed by atoms with Crippen LogP contribution in [0.5, 0.6) is 0 Å². The molecule has 0 atom stereocenters. The molecule has 0 aliphatic heterocycles. The molecule has 1 aromatic heterocycles. The average Bonchev–Trinajstić information content (AvgIpc) is 3.00. The molecule has 0 bridgehead atoms. The van der Waals surface area contributed by atoms with Crippen LogP contribution in [0.2, 0.25) is 0 Å². The maximum absolute atomic E-state index is 10.9. The highest BCUT2D eigenvalue weighted by molar-refractivity contribution is 5.89. The number of aromatic nitrogens is 1. The van der Waals surface area contributed by atoms with Crippen molar-refractivity contribution in [3.8, 4) is 0 Å². The van der Waals surface area contributed by atoms with Crippen molar-refractivity contribution in [2.24, 2.45) is 5.73 Å². The van der Waals surface area contributed by atoms with Crippen molar-refractivity contribution in [3.05, 3.63) is 29.1 Å². The van der Waals surface area contributed by atoms with E-state index in [1.54, 1.807) is 12.1 Å². The fraction of sp³-hybridized carbons (Fsp3) is 0.400. The quantitative estimate of drug-likeness (QED) is 0.752. The fourth-order valence-electron chi connectivity index (χ4n) is 1.48. The van der Waals surface area contributed by atoms with E-state index < -0.39 is 5.97 Å². The summed E-state index contributed by atoms with van der Waals surface area (Å²) in [4.78, 5) is 15.2. The second kappa shape index (κ2) is 3.38. The molecule has 1 fully saturated rings. The third kappa shape index (κ3) is 1.61. The zero-order valence-corrected chi connectivity index (χ0v) is 7.73. The molecule has 1 aliphatic rings. The number of pyridine rings is 1. The van der Waals surface area contributed by atoms with Gasteiger partial charge in [-0.05, 0) is 25.0 Å². The predicted octanol–water partition coefficient (Wildman–Crippen LogP) is 1.12. The van der Waals surface area contributed by atoms with Gasteiger partial charge < -0.3 is 10.8 Å². The third-order valence-corrected chi connectivity index (χ3v) is 2.39. The SMILES string of the molecule is NCc1ccc(C(=O)O)c(C2CC2)n1. The number of hydrogen-bond donors (Lipinski definition) is 2. The minimum atomic E-state index is -0.900. The second-order valence-corrected chi connectivity index (χ2v) is 3.52. The summed E-state index contributed by atoms with van der Waals surface area (Å²) in [5, 5.41) is 8.93. The standard InChI is InChI=1S/C10H12N2O2/c11-5-7-3-4-8(10(13)14)9(12-7)6-1-2-6/h3-4,6H,1-2,5,11H2,(H,13,14). The third-order valence-electron chi connectivity index (χ3n) is 2.39. The summed E-state index contributed by atoms with van der Waals surface area (Å²) < 4.78 is 0. The van der Waals surface area contributed by atoms with Gasteiger partial charge in [0.25, 0.3) is 0 Å². The van der Waals surface area contributed by atoms with E-state index in [1.165, 1.54) is 0 Å². The molecule has 0 radical (unpaired) electrons. The molecule has 4 heteroatoms. The number of carboxylic acids is 1. The smallest absolute Gasteiger partial charge is 0.337 e. The molecule has 0 amide bonds. The van der Waals surface area contributed by atoms with E-state index >= 15 is 0 Å². The first-order valence-electron chi connectivity index (χ1n) is 4.65. The first-order chi connectivity index (χ1) is 6.72. The van der Waals surface area contributed by atoms with Crippen LogP contribution in [0.3, 0.4) is 0 Å². The van der Waals surface area contributed by atoms with Crippen LogP contribution in [-0.2, 0) is 6.54 Å². The Bertz CT molecular complexity index is 372. The molecule has 1 heterocycles. The second-order valence-electron chi connectivity index (χ2n) is 3.52. The van der Waals surface area contributed by atoms with Crippen LogP contribution in [0.4, 0.5) is 0 Å². The van der Waals surface area contributed by atoms with Gasteiger partial charge >= 0.3 is 5.97 Å². The lowest BCUT2D eigenvalue weighted by atomic mass is 10.1. The summed E-state index contributed by atoms with van der Waals surface area (Å²) in [5.41, 5.74) is 7.25. The van der Waals surface area contributed by atoms with Crippen LogP contribution in [0.25, 0.3) is 0 Å². The minimum absolute atomic E-state index is 0.324. The Labute approximate surface area is 81.8 Å². The number of nitrogens with two attached hydrogens (primary N) is 1. The highest BCUT2D eigenvalue weighted by Crippen LogP contribution is 2.40. The average molecular weight is 192 g/mol. The summed E-state index contributed by atoms with van der Waals surface area (Å²) in [6.07, 6.45) is 2.09. The molecule has 1 saturated carbocycles. The Morgan fingerprint density at radius 2 is 2.29 bits per heavy atom. The van der Waals surface area contributed by atoms with Gasteiger partial charge in [-0.1, -0.05) is 0 Å². The fourth-order valence-corrected chi connectivity index (χ4v) is 1.48. The molecule has 0 saturated heterocycles. The number of nitrogens with zero attached hydrogens (tertiary/aromatic N) is 1. The van der Waals surface area contributed by atoms with Crippen molar-refractivity contribution in [2.45, 2.75) is 25.3 Å². The van der Waals surface area contributed by atoms with Gasteiger partial charge in [0, 0.05) is 12.5 Å². The van der Waals surface area contributed by atoms with Gasteiger partial charge in [0.1, 0.15) is 0 Å². The molecular weight excluding hydrogens is 180 g/mol. The molecular formula is C10H12N2O2. The zero-order chi connectivity index (χ0) is 10.1. The van der Waals surface area contributed by atoms with E-state index in [2.05, 4.69) is 4.98 Å². The topological polar surface area (TPSA) is 76.2 Å². The van der Waals surface area contributed by atoms with Crippen LogP contribution < -0.4 is 5.73 Å². The number of carboxylic acid groups (broad SMARTS) is 1. The van der Waals surface area contributed by atoms with E-state index in [1.807, 2.05) is 0 Å². The highest BCUT2D eigenvalue weighted by atomic mass is 16.4. The van der Waals surface area contributed by atoms with Gasteiger partial charge in [0.2, 0.25) is 0 Å². The van der Waals surface area contributed by atoms with E-state index in [-0.39, 0.29) is 0 Å². The highest BCUT2D eigenvalue weighted by Gasteiger charge is 2.29. The van der Waals surface area contributed by atoms with E-state index in [0.29, 0.717) is 23.7 Å². The van der Waals surface area contributed by atoms with Crippen LogP contribution >= 0.6 is 0 Å². The number of carbonyl (C=O) groups is 1. The van der Waals surface area contributed by atoms with Gasteiger partial charge in [0.05, 0.1) is 17.0 Å². The molecule has 1 aliphatic carbocycles. The summed E-state index contributed by atoms with van der Waals surface area (Å²) in [6.45, 7) is 0.361. The van der Waals surface area contributed by atoms with Gasteiger partial charge in [-0.3, -0.25) is 4.98 Å². The summed E-state index contributed by atoms with van der Waals surface area (Å²) >= 11 is 0. The Hall–Kier alpha value is -1.42. The largest absolute Gasteiger partial charge is 0.478 e. The van der Waals surface area contributed by atoms with E-state index in [0.717, 1.165) is 18.5 Å². The van der Waals surface area contributed by atoms with Crippen molar-refractivity contribution >= 4 is 5.97 Å². The lowest BCUT2D eigenvalue weighted by molar-refractivity contribution is 0.0695. The van der Waals surface area contributed by atoms with Gasteiger partial charge in [-0.25, -0.2) is 4.79 Å². The molecule has 2 rings (SSSR count). The summed E-state index contributed by atoms with van der Waals surface area (Å²) in [6, 6.07) is 3.28. The van der Waals surface area contributed by atoms with E-state index in [4.69, 9.17) is 10.8 Å². The van der Waals surface area contributed by atoms with Gasteiger partial charge in [-0.15, -0.1) is 0 Å².